The Morgan fingerprint density at radius 1 is 0.606 bits per heavy atom. The summed E-state index contributed by atoms with van der Waals surface area (Å²) in [5.41, 5.74) is 20.1. The van der Waals surface area contributed by atoms with E-state index in [9.17, 15) is 28.8 Å². The van der Waals surface area contributed by atoms with Gasteiger partial charge in [0.15, 0.2) is 0 Å². The number of fused-ring (bicyclic) bond motifs is 2. The van der Waals surface area contributed by atoms with Gasteiger partial charge in [0.25, 0.3) is 0 Å². The number of amides is 6. The van der Waals surface area contributed by atoms with Crippen LogP contribution < -0.4 is 43.8 Å². The van der Waals surface area contributed by atoms with Gasteiger partial charge >= 0.3 is 0 Å². The Kier molecular flexibility index (Phi) is 19.5. The average molecular weight is 908 g/mol. The second-order valence-corrected chi connectivity index (χ2v) is 19.0. The number of benzene rings is 3. The van der Waals surface area contributed by atoms with Crippen LogP contribution in [0.4, 0.5) is 0 Å². The predicted octanol–water partition coefficient (Wildman–Crippen LogP) is 4.53. The van der Waals surface area contributed by atoms with Gasteiger partial charge in [-0.25, -0.2) is 0 Å². The minimum atomic E-state index is -1.19. The number of carbonyl (C=O) groups is 6. The number of aromatic nitrogens is 1. The maximum atomic E-state index is 14.9. The van der Waals surface area contributed by atoms with Gasteiger partial charge in [-0.1, -0.05) is 127 Å². The quantitative estimate of drug-likeness (QED) is 0.0426. The Labute approximate surface area is 389 Å². The molecule has 5 rings (SSSR count). The Morgan fingerprint density at radius 3 is 1.80 bits per heavy atom. The lowest BCUT2D eigenvalue weighted by Crippen LogP contribution is -2.60. The number of para-hydroxylation sites is 1. The Balaban J connectivity index is 1.46. The molecule has 4 aromatic rings. The summed E-state index contributed by atoms with van der Waals surface area (Å²) in [6.07, 6.45) is 9.44. The highest BCUT2D eigenvalue weighted by molar-refractivity contribution is 5.97. The first-order chi connectivity index (χ1) is 31.6. The third kappa shape index (κ3) is 15.1. The van der Waals surface area contributed by atoms with Gasteiger partial charge in [0.1, 0.15) is 30.2 Å². The first-order valence-electron chi connectivity index (χ1n) is 23.9. The molecule has 1 saturated carbocycles. The van der Waals surface area contributed by atoms with Crippen molar-refractivity contribution in [1.29, 1.82) is 0 Å². The van der Waals surface area contributed by atoms with Gasteiger partial charge in [-0.15, -0.1) is 0 Å². The molecule has 12 N–H and O–H groups in total. The molecule has 358 valence electrons. The van der Waals surface area contributed by atoms with E-state index < -0.39 is 71.7 Å². The summed E-state index contributed by atoms with van der Waals surface area (Å²) < 4.78 is 0. The number of nitrogens with two attached hydrogens (primary N) is 3. The highest BCUT2D eigenvalue weighted by Gasteiger charge is 2.35. The SMILES string of the molecule is CC(C)C[C@H](NC(=O)[C@H](CC(C)C)NC(=O)[C@@H](Cc1c[nH]c2ccccc12)NC(=O)[C@H](CC1CCCCC1)NC(=O)[C@@H](Cc1cccc2ccccc12)NC(=O)[C@@H](N)CCCCN)C(N)=O. The fourth-order valence-corrected chi connectivity index (χ4v) is 9.05. The number of hydrogen-bond acceptors (Lipinski definition) is 8. The van der Waals surface area contributed by atoms with Crippen LogP contribution in [0.25, 0.3) is 21.7 Å². The van der Waals surface area contributed by atoms with Crippen LogP contribution in [0.1, 0.15) is 109 Å². The standard InChI is InChI=1S/C51H73N9O6/c1-31(2)25-41(46(54)61)56-48(63)42(26-32(3)4)58-51(66)45(29-36-30-55-40-23-11-10-21-38(36)40)60-49(64)43(27-33-15-6-5-7-16-33)59-50(65)44(57-47(62)39(53)22-12-13-24-52)28-35-19-14-18-34-17-8-9-20-37(34)35/h8-11,14,17-21,23,30-33,39,41-45,55H,5-7,12-13,15-16,22,24-29,52-53H2,1-4H3,(H2,54,61)(H,56,63)(H,57,62)(H,58,66)(H,59,65)(H,60,64)/t39-,41-,42-,43-,44+,45+/m0/s1. The zero-order valence-electron chi connectivity index (χ0n) is 39.2. The first kappa shape index (κ1) is 51.2. The largest absolute Gasteiger partial charge is 0.368 e. The molecule has 0 spiro atoms. The van der Waals surface area contributed by atoms with E-state index in [1.807, 2.05) is 94.4 Å². The Hall–Kier alpha value is -5.80. The average Bonchev–Trinajstić information content (AvgIpc) is 3.70. The van der Waals surface area contributed by atoms with Crippen molar-refractivity contribution in [1.82, 2.24) is 31.6 Å². The topological polar surface area (TPSA) is 256 Å². The van der Waals surface area contributed by atoms with E-state index in [1.165, 1.54) is 0 Å². The van der Waals surface area contributed by atoms with Gasteiger partial charge in [-0.3, -0.25) is 28.8 Å². The van der Waals surface area contributed by atoms with E-state index in [4.69, 9.17) is 17.2 Å². The van der Waals surface area contributed by atoms with Crippen LogP contribution in [0.3, 0.4) is 0 Å². The zero-order chi connectivity index (χ0) is 47.8. The third-order valence-electron chi connectivity index (χ3n) is 12.6. The monoisotopic (exact) mass is 908 g/mol. The molecule has 15 nitrogen and oxygen atoms in total. The fraction of sp³-hybridized carbons (Fsp3) is 0.529. The lowest BCUT2D eigenvalue weighted by atomic mass is 9.84. The van der Waals surface area contributed by atoms with E-state index in [0.717, 1.165) is 64.9 Å². The van der Waals surface area contributed by atoms with E-state index >= 15 is 0 Å². The van der Waals surface area contributed by atoms with Crippen LogP contribution in [0, 0.1) is 17.8 Å². The number of H-pyrrole nitrogens is 1. The molecule has 1 aromatic heterocycles. The van der Waals surface area contributed by atoms with Crippen molar-refractivity contribution >= 4 is 57.1 Å². The van der Waals surface area contributed by atoms with Gasteiger partial charge in [0.2, 0.25) is 35.4 Å². The number of hydrogen-bond donors (Lipinski definition) is 9. The van der Waals surface area contributed by atoms with E-state index in [0.29, 0.717) is 38.6 Å². The molecule has 1 aliphatic rings. The number of carbonyl (C=O) groups excluding carboxylic acids is 6. The van der Waals surface area contributed by atoms with Crippen LogP contribution in [0.2, 0.25) is 0 Å². The van der Waals surface area contributed by atoms with Crippen molar-refractivity contribution in [2.45, 2.75) is 147 Å². The second kappa shape index (κ2) is 25.2. The smallest absolute Gasteiger partial charge is 0.243 e. The summed E-state index contributed by atoms with van der Waals surface area (Å²) in [6, 6.07) is 15.0. The zero-order valence-corrected chi connectivity index (χ0v) is 39.2. The van der Waals surface area contributed by atoms with E-state index in [-0.39, 0.29) is 37.0 Å². The molecular formula is C51H73N9O6. The van der Waals surface area contributed by atoms with Crippen LogP contribution in [-0.4, -0.2) is 83.2 Å². The van der Waals surface area contributed by atoms with Crippen molar-refractivity contribution in [3.05, 3.63) is 84.1 Å². The van der Waals surface area contributed by atoms with Gasteiger partial charge in [-0.05, 0) is 84.4 Å². The summed E-state index contributed by atoms with van der Waals surface area (Å²) in [6.45, 7) is 8.14. The minimum absolute atomic E-state index is 0.0299. The molecule has 66 heavy (non-hydrogen) atoms. The summed E-state index contributed by atoms with van der Waals surface area (Å²) >= 11 is 0. The normalized spacial score (nSPS) is 15.9. The number of rotatable bonds is 25. The molecule has 0 radical (unpaired) electrons. The minimum Gasteiger partial charge on any atom is -0.368 e. The maximum absolute atomic E-state index is 14.9. The summed E-state index contributed by atoms with van der Waals surface area (Å²) in [7, 11) is 0. The number of primary amides is 1. The van der Waals surface area contributed by atoms with Gasteiger partial charge in [0.05, 0.1) is 6.04 Å². The Morgan fingerprint density at radius 2 is 1.14 bits per heavy atom. The van der Waals surface area contributed by atoms with Gasteiger partial charge in [0, 0.05) is 29.9 Å². The van der Waals surface area contributed by atoms with Crippen molar-refractivity contribution in [3.63, 3.8) is 0 Å². The predicted molar refractivity (Wildman–Crippen MR) is 259 cm³/mol. The molecule has 6 amide bonds. The van der Waals surface area contributed by atoms with Crippen molar-refractivity contribution < 1.29 is 28.8 Å². The van der Waals surface area contributed by atoms with Crippen LogP contribution >= 0.6 is 0 Å². The van der Waals surface area contributed by atoms with Gasteiger partial charge in [-0.2, -0.15) is 0 Å². The Bertz CT molecular complexity index is 2250. The van der Waals surface area contributed by atoms with E-state index in [2.05, 4.69) is 31.6 Å². The molecule has 1 fully saturated rings. The molecule has 15 heteroatoms. The molecule has 1 heterocycles. The van der Waals surface area contributed by atoms with Gasteiger partial charge < -0.3 is 48.8 Å². The molecule has 6 atom stereocenters. The lowest BCUT2D eigenvalue weighted by molar-refractivity contribution is -0.135. The van der Waals surface area contributed by atoms with Crippen LogP contribution in [-0.2, 0) is 41.6 Å². The number of aromatic amines is 1. The lowest BCUT2D eigenvalue weighted by Gasteiger charge is -2.30. The number of nitrogens with one attached hydrogen (secondary N) is 6. The highest BCUT2D eigenvalue weighted by Crippen LogP contribution is 2.28. The third-order valence-corrected chi connectivity index (χ3v) is 12.6. The molecule has 0 saturated heterocycles. The second-order valence-electron chi connectivity index (χ2n) is 19.0. The summed E-state index contributed by atoms with van der Waals surface area (Å²) in [5.74, 6) is -3.29. The molecular weight excluding hydrogens is 835 g/mol. The van der Waals surface area contributed by atoms with Crippen molar-refractivity contribution in [2.24, 2.45) is 35.0 Å². The van der Waals surface area contributed by atoms with Crippen molar-refractivity contribution in [3.8, 4) is 0 Å². The van der Waals surface area contributed by atoms with Crippen LogP contribution in [0.5, 0.6) is 0 Å². The van der Waals surface area contributed by atoms with Crippen molar-refractivity contribution in [2.75, 3.05) is 6.54 Å². The molecule has 3 aromatic carbocycles. The van der Waals surface area contributed by atoms with Crippen LogP contribution in [0.15, 0.2) is 72.9 Å². The molecule has 1 aliphatic carbocycles. The molecule has 0 aliphatic heterocycles. The maximum Gasteiger partial charge on any atom is 0.243 e. The highest BCUT2D eigenvalue weighted by atomic mass is 16.2. The summed E-state index contributed by atoms with van der Waals surface area (Å²) in [5, 5.41) is 17.4. The molecule has 0 bridgehead atoms. The first-order valence-corrected chi connectivity index (χ1v) is 23.9. The summed E-state index contributed by atoms with van der Waals surface area (Å²) in [4.78, 5) is 87.2. The van der Waals surface area contributed by atoms with E-state index in [1.54, 1.807) is 6.20 Å². The number of unbranched alkanes of at least 4 members (excludes halogenated alkanes) is 1. The molecule has 0 unspecified atom stereocenters. The fourth-order valence-electron chi connectivity index (χ4n) is 9.05.